The molecule has 2 atom stereocenters. The monoisotopic (exact) mass is 533 g/mol. The lowest BCUT2D eigenvalue weighted by Crippen LogP contribution is -2.53. The summed E-state index contributed by atoms with van der Waals surface area (Å²) >= 11 is 0. The van der Waals surface area contributed by atoms with Crippen LogP contribution in [0.2, 0.25) is 0 Å². The van der Waals surface area contributed by atoms with Gasteiger partial charge in [0.2, 0.25) is 5.91 Å². The van der Waals surface area contributed by atoms with Crippen LogP contribution in [0.1, 0.15) is 79.2 Å². The van der Waals surface area contributed by atoms with E-state index in [2.05, 4.69) is 10.6 Å². The van der Waals surface area contributed by atoms with E-state index in [9.17, 15) is 19.2 Å². The maximum absolute atomic E-state index is 13.5. The molecular formula is C28H43N3O7. The maximum atomic E-state index is 13.5. The summed E-state index contributed by atoms with van der Waals surface area (Å²) in [6.07, 6.45) is 1.37. The summed E-state index contributed by atoms with van der Waals surface area (Å²) in [6.45, 7) is 11.5. The number of unbranched alkanes of at least 4 members (excludes halogenated alkanes) is 1. The van der Waals surface area contributed by atoms with Gasteiger partial charge in [-0.25, -0.2) is 14.4 Å². The molecule has 10 heteroatoms. The number of nitrogens with one attached hydrogen (secondary N) is 2. The van der Waals surface area contributed by atoms with Crippen molar-refractivity contribution in [3.05, 3.63) is 35.9 Å². The van der Waals surface area contributed by atoms with Crippen molar-refractivity contribution in [2.75, 3.05) is 13.1 Å². The minimum Gasteiger partial charge on any atom is -0.458 e. The van der Waals surface area contributed by atoms with E-state index < -0.39 is 41.4 Å². The van der Waals surface area contributed by atoms with Crippen LogP contribution in [-0.4, -0.2) is 65.3 Å². The average molecular weight is 534 g/mol. The molecule has 1 heterocycles. The van der Waals surface area contributed by atoms with Crippen molar-refractivity contribution < 1.29 is 33.4 Å². The van der Waals surface area contributed by atoms with E-state index in [1.807, 2.05) is 30.3 Å². The highest BCUT2D eigenvalue weighted by Crippen LogP contribution is 2.23. The number of carbonyl (C=O) groups excluding carboxylic acids is 4. The molecule has 0 aromatic heterocycles. The van der Waals surface area contributed by atoms with Crippen LogP contribution in [0.15, 0.2) is 30.3 Å². The first-order chi connectivity index (χ1) is 17.7. The number of alkyl carbamates (subject to hydrolysis) is 2. The topological polar surface area (TPSA) is 123 Å². The van der Waals surface area contributed by atoms with Crippen molar-refractivity contribution in [2.45, 2.75) is 104 Å². The maximum Gasteiger partial charge on any atom is 0.408 e. The molecule has 212 valence electrons. The summed E-state index contributed by atoms with van der Waals surface area (Å²) in [5.41, 5.74) is -0.504. The summed E-state index contributed by atoms with van der Waals surface area (Å²) in [5.74, 6) is -0.794. The largest absolute Gasteiger partial charge is 0.458 e. The molecule has 1 aromatic rings. The van der Waals surface area contributed by atoms with E-state index in [4.69, 9.17) is 14.2 Å². The van der Waals surface area contributed by atoms with Gasteiger partial charge in [-0.1, -0.05) is 30.3 Å². The van der Waals surface area contributed by atoms with Crippen molar-refractivity contribution in [3.8, 4) is 0 Å². The Morgan fingerprint density at radius 3 is 2.24 bits per heavy atom. The molecule has 3 amide bonds. The van der Waals surface area contributed by atoms with Gasteiger partial charge in [0.25, 0.3) is 0 Å². The molecule has 1 fully saturated rings. The molecule has 1 aliphatic heterocycles. The number of carbonyl (C=O) groups is 4. The molecule has 38 heavy (non-hydrogen) atoms. The molecule has 0 bridgehead atoms. The smallest absolute Gasteiger partial charge is 0.408 e. The average Bonchev–Trinajstić information content (AvgIpc) is 3.30. The Morgan fingerprint density at radius 1 is 0.947 bits per heavy atom. The second-order valence-electron chi connectivity index (χ2n) is 11.4. The van der Waals surface area contributed by atoms with E-state index in [1.54, 1.807) is 41.5 Å². The van der Waals surface area contributed by atoms with Gasteiger partial charge in [-0.2, -0.15) is 0 Å². The standard InChI is InChI=1S/C28H43N3O7/c1-27(2,3)37-24(33)22-16-12-18-31(22)23(32)21(30-26(35)38-28(4,5)6)15-10-11-17-29-25(34)36-19-20-13-8-7-9-14-20/h7-9,13-14,21-22H,10-12,15-19H2,1-6H3,(H,29,34)(H,30,35)/t21-,22-/m0/s1. The quantitative estimate of drug-likeness (QED) is 0.261. The highest BCUT2D eigenvalue weighted by molar-refractivity contribution is 5.90. The van der Waals surface area contributed by atoms with Crippen LogP contribution in [0.5, 0.6) is 0 Å². The number of hydrogen-bond acceptors (Lipinski definition) is 7. The van der Waals surface area contributed by atoms with Crippen molar-refractivity contribution in [1.29, 1.82) is 0 Å². The number of hydrogen-bond donors (Lipinski definition) is 2. The van der Waals surface area contributed by atoms with Gasteiger partial charge in [-0.05, 0) is 79.2 Å². The Bertz CT molecular complexity index is 938. The van der Waals surface area contributed by atoms with Gasteiger partial charge in [0.05, 0.1) is 0 Å². The minimum atomic E-state index is -0.877. The fourth-order valence-corrected chi connectivity index (χ4v) is 3.99. The molecule has 2 rings (SSSR count). The van der Waals surface area contributed by atoms with Crippen molar-refractivity contribution in [3.63, 3.8) is 0 Å². The summed E-state index contributed by atoms with van der Waals surface area (Å²) < 4.78 is 16.1. The number of benzene rings is 1. The number of esters is 1. The number of amides is 3. The zero-order valence-corrected chi connectivity index (χ0v) is 23.5. The first-order valence-corrected chi connectivity index (χ1v) is 13.2. The van der Waals surface area contributed by atoms with Crippen molar-refractivity contribution >= 4 is 24.1 Å². The number of rotatable bonds is 10. The number of nitrogens with zero attached hydrogens (tertiary/aromatic N) is 1. The van der Waals surface area contributed by atoms with Gasteiger partial charge in [0.15, 0.2) is 0 Å². The molecule has 0 spiro atoms. The summed E-state index contributed by atoms with van der Waals surface area (Å²) in [5, 5.41) is 5.38. The molecule has 1 saturated heterocycles. The number of ether oxygens (including phenoxy) is 3. The third-order valence-electron chi connectivity index (χ3n) is 5.61. The first-order valence-electron chi connectivity index (χ1n) is 13.2. The molecule has 0 saturated carbocycles. The normalized spacial score (nSPS) is 16.4. The predicted octanol–water partition coefficient (Wildman–Crippen LogP) is 4.31. The Balaban J connectivity index is 1.92. The first kappa shape index (κ1) is 30.9. The third kappa shape index (κ3) is 11.4. The van der Waals surface area contributed by atoms with Gasteiger partial charge in [0, 0.05) is 13.1 Å². The van der Waals surface area contributed by atoms with Crippen LogP contribution in [-0.2, 0) is 30.4 Å². The summed E-state index contributed by atoms with van der Waals surface area (Å²) in [4.78, 5) is 52.2. The Labute approximate surface area is 225 Å². The SMILES string of the molecule is CC(C)(C)OC(=O)N[C@@H](CCCCNC(=O)OCc1ccccc1)C(=O)N1CCC[C@H]1C(=O)OC(C)(C)C. The van der Waals surface area contributed by atoms with Gasteiger partial charge < -0.3 is 29.7 Å². The zero-order chi connectivity index (χ0) is 28.3. The molecule has 1 aliphatic rings. The Morgan fingerprint density at radius 2 is 1.61 bits per heavy atom. The van der Waals surface area contributed by atoms with E-state index in [-0.39, 0.29) is 12.5 Å². The Kier molecular flexibility index (Phi) is 11.4. The third-order valence-corrected chi connectivity index (χ3v) is 5.61. The molecule has 10 nitrogen and oxygen atoms in total. The van der Waals surface area contributed by atoms with Crippen LogP contribution < -0.4 is 10.6 Å². The second-order valence-corrected chi connectivity index (χ2v) is 11.4. The lowest BCUT2D eigenvalue weighted by atomic mass is 10.1. The fraction of sp³-hybridized carbons (Fsp3) is 0.643. The molecule has 0 radical (unpaired) electrons. The highest BCUT2D eigenvalue weighted by atomic mass is 16.6. The van der Waals surface area contributed by atoms with Crippen molar-refractivity contribution in [2.24, 2.45) is 0 Å². The second kappa shape index (κ2) is 14.0. The van der Waals surface area contributed by atoms with Gasteiger partial charge in [-0.15, -0.1) is 0 Å². The molecule has 0 unspecified atom stereocenters. The lowest BCUT2D eigenvalue weighted by Gasteiger charge is -2.30. The fourth-order valence-electron chi connectivity index (χ4n) is 3.99. The summed E-state index contributed by atoms with van der Waals surface area (Å²) in [7, 11) is 0. The van der Waals surface area contributed by atoms with Gasteiger partial charge >= 0.3 is 18.2 Å². The summed E-state index contributed by atoms with van der Waals surface area (Å²) in [6, 6.07) is 7.81. The van der Waals surface area contributed by atoms with Crippen LogP contribution in [0.3, 0.4) is 0 Å². The van der Waals surface area contributed by atoms with Crippen LogP contribution in [0.25, 0.3) is 0 Å². The molecular weight excluding hydrogens is 490 g/mol. The van der Waals surface area contributed by atoms with E-state index in [0.717, 1.165) is 5.56 Å². The molecule has 1 aromatic carbocycles. The van der Waals surface area contributed by atoms with E-state index >= 15 is 0 Å². The predicted molar refractivity (Wildman–Crippen MR) is 142 cm³/mol. The Hall–Kier alpha value is -3.30. The number of likely N-dealkylation sites (tertiary alicyclic amines) is 1. The highest BCUT2D eigenvalue weighted by Gasteiger charge is 2.39. The van der Waals surface area contributed by atoms with Crippen molar-refractivity contribution in [1.82, 2.24) is 15.5 Å². The van der Waals surface area contributed by atoms with Gasteiger partial charge in [-0.3, -0.25) is 4.79 Å². The van der Waals surface area contributed by atoms with Crippen LogP contribution in [0.4, 0.5) is 9.59 Å². The van der Waals surface area contributed by atoms with E-state index in [1.165, 1.54) is 4.90 Å². The van der Waals surface area contributed by atoms with E-state index in [0.29, 0.717) is 45.2 Å². The zero-order valence-electron chi connectivity index (χ0n) is 23.5. The molecule has 0 aliphatic carbocycles. The molecule has 2 N–H and O–H groups in total. The minimum absolute atomic E-state index is 0.178. The van der Waals surface area contributed by atoms with Crippen LogP contribution in [0, 0.1) is 0 Å². The lowest BCUT2D eigenvalue weighted by molar-refractivity contribution is -0.163. The van der Waals surface area contributed by atoms with Crippen LogP contribution >= 0.6 is 0 Å². The van der Waals surface area contributed by atoms with Gasteiger partial charge in [0.1, 0.15) is 29.9 Å².